The number of nitro benzene ring substituents is 1. The van der Waals surface area contributed by atoms with E-state index in [1.54, 1.807) is 30.3 Å². The van der Waals surface area contributed by atoms with Crippen molar-refractivity contribution in [2.45, 2.75) is 19.8 Å². The van der Waals surface area contributed by atoms with E-state index in [1.165, 1.54) is 23.0 Å². The van der Waals surface area contributed by atoms with Crippen LogP contribution < -0.4 is 5.56 Å². The van der Waals surface area contributed by atoms with Gasteiger partial charge in [-0.3, -0.25) is 14.9 Å². The van der Waals surface area contributed by atoms with Crippen molar-refractivity contribution in [2.24, 2.45) is 5.10 Å². The molecule has 0 aliphatic rings. The largest absolute Gasteiger partial charge is 0.282 e. The zero-order valence-corrected chi connectivity index (χ0v) is 13.6. The molecule has 0 aliphatic carbocycles. The highest BCUT2D eigenvalue weighted by Crippen LogP contribution is 2.12. The third-order valence-electron chi connectivity index (χ3n) is 3.70. The van der Waals surface area contributed by atoms with Gasteiger partial charge in [0, 0.05) is 24.1 Å². The Hall–Kier alpha value is -3.35. The molecular formula is C18H16N4O3. The van der Waals surface area contributed by atoms with Crippen LogP contribution in [0.25, 0.3) is 10.9 Å². The summed E-state index contributed by atoms with van der Waals surface area (Å²) in [7, 11) is 0. The molecule has 3 aromatic rings. The van der Waals surface area contributed by atoms with Gasteiger partial charge in [-0.05, 0) is 18.6 Å². The molecule has 0 radical (unpaired) electrons. The van der Waals surface area contributed by atoms with Crippen molar-refractivity contribution in [3.8, 4) is 0 Å². The van der Waals surface area contributed by atoms with Gasteiger partial charge in [-0.1, -0.05) is 31.2 Å². The number of rotatable bonds is 5. The van der Waals surface area contributed by atoms with Crippen molar-refractivity contribution < 1.29 is 4.92 Å². The molecule has 7 nitrogen and oxygen atoms in total. The molecule has 0 saturated heterocycles. The summed E-state index contributed by atoms with van der Waals surface area (Å²) in [6, 6.07) is 13.2. The number of aryl methyl sites for hydroxylation is 1. The van der Waals surface area contributed by atoms with Crippen LogP contribution in [0.4, 0.5) is 5.69 Å². The van der Waals surface area contributed by atoms with Gasteiger partial charge in [-0.2, -0.15) is 9.78 Å². The molecule has 1 aromatic heterocycles. The second-order valence-corrected chi connectivity index (χ2v) is 5.51. The van der Waals surface area contributed by atoms with Crippen LogP contribution in [0.2, 0.25) is 0 Å². The van der Waals surface area contributed by atoms with E-state index in [0.29, 0.717) is 28.7 Å². The SMILES string of the molecule is CCCc1nc2ccccc2c(=O)n1/N=C/c1cccc([N+](=O)[O-])c1. The molecule has 0 unspecified atom stereocenters. The Morgan fingerprint density at radius 3 is 2.80 bits per heavy atom. The van der Waals surface area contributed by atoms with Gasteiger partial charge < -0.3 is 0 Å². The summed E-state index contributed by atoms with van der Waals surface area (Å²) in [6.07, 6.45) is 2.85. The number of nitro groups is 1. The third kappa shape index (κ3) is 3.45. The Morgan fingerprint density at radius 1 is 1.24 bits per heavy atom. The van der Waals surface area contributed by atoms with Crippen molar-refractivity contribution in [1.82, 2.24) is 9.66 Å². The Balaban J connectivity index is 2.09. The first kappa shape index (κ1) is 16.5. The summed E-state index contributed by atoms with van der Waals surface area (Å²) in [6.45, 7) is 2.00. The predicted octanol–water partition coefficient (Wildman–Crippen LogP) is 3.14. The van der Waals surface area contributed by atoms with Crippen LogP contribution in [0.5, 0.6) is 0 Å². The lowest BCUT2D eigenvalue weighted by molar-refractivity contribution is -0.384. The first-order valence-corrected chi connectivity index (χ1v) is 7.89. The number of benzene rings is 2. The van der Waals surface area contributed by atoms with Crippen molar-refractivity contribution in [2.75, 3.05) is 0 Å². The zero-order valence-electron chi connectivity index (χ0n) is 13.6. The average molecular weight is 336 g/mol. The number of aromatic nitrogens is 2. The van der Waals surface area contributed by atoms with E-state index < -0.39 is 4.92 Å². The van der Waals surface area contributed by atoms with Crippen molar-refractivity contribution in [3.63, 3.8) is 0 Å². The maximum Gasteiger partial charge on any atom is 0.282 e. The standard InChI is InChI=1S/C18H16N4O3/c1-2-6-17-20-16-10-4-3-9-15(16)18(23)21(17)19-12-13-7-5-8-14(11-13)22(24)25/h3-5,7-12H,2,6H2,1H3/b19-12+. The molecule has 1 heterocycles. The molecular weight excluding hydrogens is 320 g/mol. The topological polar surface area (TPSA) is 90.4 Å². The maximum atomic E-state index is 12.7. The molecule has 0 aliphatic heterocycles. The van der Waals surface area contributed by atoms with Gasteiger partial charge in [0.25, 0.3) is 11.2 Å². The average Bonchev–Trinajstić information content (AvgIpc) is 2.62. The van der Waals surface area contributed by atoms with E-state index >= 15 is 0 Å². The number of hydrogen-bond donors (Lipinski definition) is 0. The maximum absolute atomic E-state index is 12.7. The fourth-order valence-corrected chi connectivity index (χ4v) is 2.52. The van der Waals surface area contributed by atoms with E-state index in [9.17, 15) is 14.9 Å². The quantitative estimate of drug-likeness (QED) is 0.406. The minimum absolute atomic E-state index is 0.0262. The van der Waals surface area contributed by atoms with Gasteiger partial charge in [-0.25, -0.2) is 4.98 Å². The molecule has 0 saturated carbocycles. The van der Waals surface area contributed by atoms with Gasteiger partial charge in [0.15, 0.2) is 0 Å². The molecule has 2 aromatic carbocycles. The smallest absolute Gasteiger partial charge is 0.267 e. The van der Waals surface area contributed by atoms with Crippen molar-refractivity contribution in [1.29, 1.82) is 0 Å². The van der Waals surface area contributed by atoms with Crippen LogP contribution in [0.15, 0.2) is 58.4 Å². The zero-order chi connectivity index (χ0) is 17.8. The third-order valence-corrected chi connectivity index (χ3v) is 3.70. The number of para-hydroxylation sites is 1. The van der Waals surface area contributed by atoms with Gasteiger partial charge >= 0.3 is 0 Å². The lowest BCUT2D eigenvalue weighted by Gasteiger charge is -2.08. The predicted molar refractivity (Wildman–Crippen MR) is 96.1 cm³/mol. The van der Waals surface area contributed by atoms with Gasteiger partial charge in [0.05, 0.1) is 22.0 Å². The van der Waals surface area contributed by atoms with Gasteiger partial charge in [0.2, 0.25) is 0 Å². The van der Waals surface area contributed by atoms with Crippen molar-refractivity contribution in [3.05, 3.63) is 80.4 Å². The molecule has 0 atom stereocenters. The van der Waals surface area contributed by atoms with Crippen LogP contribution in [-0.2, 0) is 6.42 Å². The lowest BCUT2D eigenvalue weighted by Crippen LogP contribution is -2.22. The van der Waals surface area contributed by atoms with Crippen molar-refractivity contribution >= 4 is 22.8 Å². The number of nitrogens with zero attached hydrogens (tertiary/aromatic N) is 4. The highest BCUT2D eigenvalue weighted by Gasteiger charge is 2.10. The summed E-state index contributed by atoms with van der Waals surface area (Å²) < 4.78 is 1.27. The molecule has 0 bridgehead atoms. The lowest BCUT2D eigenvalue weighted by atomic mass is 10.2. The first-order valence-electron chi connectivity index (χ1n) is 7.89. The number of hydrogen-bond acceptors (Lipinski definition) is 5. The van der Waals surface area contributed by atoms with E-state index in [-0.39, 0.29) is 11.2 Å². The Bertz CT molecular complexity index is 1020. The van der Waals surface area contributed by atoms with Crippen LogP contribution in [0, 0.1) is 10.1 Å². The molecule has 25 heavy (non-hydrogen) atoms. The van der Waals surface area contributed by atoms with Crippen LogP contribution in [-0.4, -0.2) is 20.8 Å². The van der Waals surface area contributed by atoms with E-state index in [0.717, 1.165) is 6.42 Å². The fraction of sp³-hybridized carbons (Fsp3) is 0.167. The molecule has 0 amide bonds. The normalized spacial score (nSPS) is 11.2. The highest BCUT2D eigenvalue weighted by molar-refractivity contribution is 5.81. The van der Waals surface area contributed by atoms with Gasteiger partial charge in [-0.15, -0.1) is 0 Å². The summed E-state index contributed by atoms with van der Waals surface area (Å²) >= 11 is 0. The van der Waals surface area contributed by atoms with E-state index in [1.807, 2.05) is 13.0 Å². The molecule has 3 rings (SSSR count). The summed E-state index contributed by atoms with van der Waals surface area (Å²) in [5, 5.41) is 15.6. The highest BCUT2D eigenvalue weighted by atomic mass is 16.6. The van der Waals surface area contributed by atoms with Gasteiger partial charge in [0.1, 0.15) is 5.82 Å². The molecule has 126 valence electrons. The molecule has 0 fully saturated rings. The minimum Gasteiger partial charge on any atom is -0.267 e. The number of non-ortho nitro benzene ring substituents is 1. The molecule has 0 N–H and O–H groups in total. The monoisotopic (exact) mass is 336 g/mol. The van der Waals surface area contributed by atoms with Crippen LogP contribution in [0.3, 0.4) is 0 Å². The van der Waals surface area contributed by atoms with E-state index in [4.69, 9.17) is 0 Å². The second kappa shape index (κ2) is 7.04. The molecule has 7 heteroatoms. The fourth-order valence-electron chi connectivity index (χ4n) is 2.52. The Kier molecular flexibility index (Phi) is 4.65. The summed E-state index contributed by atoms with van der Waals surface area (Å²) in [5.41, 5.74) is 0.895. The van der Waals surface area contributed by atoms with Crippen LogP contribution >= 0.6 is 0 Å². The minimum atomic E-state index is -0.469. The number of fused-ring (bicyclic) bond motifs is 1. The first-order chi connectivity index (χ1) is 12.1. The summed E-state index contributed by atoms with van der Waals surface area (Å²) in [5.74, 6) is 0.563. The Labute approximate surface area is 143 Å². The molecule has 0 spiro atoms. The summed E-state index contributed by atoms with van der Waals surface area (Å²) in [4.78, 5) is 27.6. The van der Waals surface area contributed by atoms with E-state index in [2.05, 4.69) is 10.1 Å². The second-order valence-electron chi connectivity index (χ2n) is 5.51. The van der Waals surface area contributed by atoms with Crippen LogP contribution in [0.1, 0.15) is 24.7 Å². The Morgan fingerprint density at radius 2 is 2.04 bits per heavy atom.